The lowest BCUT2D eigenvalue weighted by atomic mass is 9.92. The van der Waals surface area contributed by atoms with Gasteiger partial charge in [0.2, 0.25) is 0 Å². The van der Waals surface area contributed by atoms with Crippen LogP contribution in [0.3, 0.4) is 0 Å². The molecule has 0 N–H and O–H groups in total. The SMILES string of the molecule is O=C(N1CC(Cc2ccc(Cl)cc2)C1)N1N=CCC1c1ccccc1. The Labute approximate surface area is 152 Å². The van der Waals surface area contributed by atoms with Crippen molar-refractivity contribution in [2.24, 2.45) is 11.0 Å². The molecule has 2 aliphatic rings. The molecule has 0 aliphatic carbocycles. The summed E-state index contributed by atoms with van der Waals surface area (Å²) in [4.78, 5) is 14.7. The van der Waals surface area contributed by atoms with E-state index < -0.39 is 0 Å². The maximum absolute atomic E-state index is 12.8. The van der Waals surface area contributed by atoms with Crippen LogP contribution in [0.25, 0.3) is 0 Å². The van der Waals surface area contributed by atoms with E-state index in [1.807, 2.05) is 41.4 Å². The van der Waals surface area contributed by atoms with Crippen LogP contribution < -0.4 is 0 Å². The number of benzene rings is 2. The number of carbonyl (C=O) groups is 1. The quantitative estimate of drug-likeness (QED) is 0.807. The molecule has 0 spiro atoms. The zero-order valence-corrected chi connectivity index (χ0v) is 14.6. The molecule has 4 nitrogen and oxygen atoms in total. The van der Waals surface area contributed by atoms with Gasteiger partial charge in [0.25, 0.3) is 0 Å². The average molecular weight is 354 g/mol. The van der Waals surface area contributed by atoms with Crippen LogP contribution in [0.5, 0.6) is 0 Å². The molecule has 0 bridgehead atoms. The van der Waals surface area contributed by atoms with Crippen LogP contribution in [0.1, 0.15) is 23.6 Å². The van der Waals surface area contributed by atoms with Gasteiger partial charge < -0.3 is 4.90 Å². The van der Waals surface area contributed by atoms with Gasteiger partial charge in [0.05, 0.1) is 6.04 Å². The van der Waals surface area contributed by atoms with Crippen molar-refractivity contribution in [3.8, 4) is 0 Å². The number of halogens is 1. The highest BCUT2D eigenvalue weighted by molar-refractivity contribution is 6.30. The maximum atomic E-state index is 12.8. The first-order chi connectivity index (χ1) is 12.2. The van der Waals surface area contributed by atoms with Gasteiger partial charge in [0, 0.05) is 30.7 Å². The molecule has 2 heterocycles. The normalized spacial score (nSPS) is 20.0. The van der Waals surface area contributed by atoms with Crippen molar-refractivity contribution in [2.45, 2.75) is 18.9 Å². The molecule has 1 fully saturated rings. The van der Waals surface area contributed by atoms with Gasteiger partial charge in [-0.1, -0.05) is 54.1 Å². The minimum Gasteiger partial charge on any atom is -0.322 e. The minimum atomic E-state index is 0.00922. The van der Waals surface area contributed by atoms with E-state index in [1.165, 1.54) is 5.56 Å². The van der Waals surface area contributed by atoms with Crippen molar-refractivity contribution < 1.29 is 4.79 Å². The third-order valence-corrected chi connectivity index (χ3v) is 5.13. The fourth-order valence-corrected chi connectivity index (χ4v) is 3.63. The second-order valence-electron chi connectivity index (χ2n) is 6.69. The largest absolute Gasteiger partial charge is 0.341 e. The topological polar surface area (TPSA) is 35.9 Å². The summed E-state index contributed by atoms with van der Waals surface area (Å²) in [7, 11) is 0. The number of hydrogen-bond donors (Lipinski definition) is 0. The number of carbonyl (C=O) groups excluding carboxylic acids is 1. The zero-order chi connectivity index (χ0) is 17.2. The lowest BCUT2D eigenvalue weighted by Gasteiger charge is -2.41. The van der Waals surface area contributed by atoms with E-state index in [1.54, 1.807) is 5.01 Å². The van der Waals surface area contributed by atoms with Crippen molar-refractivity contribution in [2.75, 3.05) is 13.1 Å². The number of urea groups is 1. The van der Waals surface area contributed by atoms with E-state index in [0.29, 0.717) is 5.92 Å². The molecular weight excluding hydrogens is 334 g/mol. The van der Waals surface area contributed by atoms with Crippen LogP contribution in [-0.2, 0) is 6.42 Å². The molecule has 25 heavy (non-hydrogen) atoms. The Morgan fingerprint density at radius 1 is 1.08 bits per heavy atom. The minimum absolute atomic E-state index is 0.00922. The summed E-state index contributed by atoms with van der Waals surface area (Å²) < 4.78 is 0. The summed E-state index contributed by atoms with van der Waals surface area (Å²) in [5.41, 5.74) is 2.40. The first kappa shape index (κ1) is 16.2. The molecule has 2 aliphatic heterocycles. The average Bonchev–Trinajstić information content (AvgIpc) is 3.09. The molecule has 1 saturated heterocycles. The number of rotatable bonds is 3. The smallest absolute Gasteiger partial charge is 0.322 e. The summed E-state index contributed by atoms with van der Waals surface area (Å²) in [6, 6.07) is 18.1. The number of amides is 2. The van der Waals surface area contributed by atoms with Gasteiger partial charge in [-0.3, -0.25) is 0 Å². The number of nitrogens with zero attached hydrogens (tertiary/aromatic N) is 3. The van der Waals surface area contributed by atoms with Gasteiger partial charge in [0.15, 0.2) is 0 Å². The zero-order valence-electron chi connectivity index (χ0n) is 13.9. The third kappa shape index (κ3) is 3.40. The summed E-state index contributed by atoms with van der Waals surface area (Å²) >= 11 is 5.93. The Bertz CT molecular complexity index is 769. The van der Waals surface area contributed by atoms with Gasteiger partial charge in [0.1, 0.15) is 0 Å². The molecule has 4 rings (SSSR count). The Balaban J connectivity index is 1.35. The van der Waals surface area contributed by atoms with Gasteiger partial charge in [-0.25, -0.2) is 9.80 Å². The van der Waals surface area contributed by atoms with Crippen molar-refractivity contribution in [3.63, 3.8) is 0 Å². The van der Waals surface area contributed by atoms with Crippen molar-refractivity contribution in [1.29, 1.82) is 0 Å². The molecule has 1 unspecified atom stereocenters. The maximum Gasteiger partial charge on any atom is 0.341 e. The van der Waals surface area contributed by atoms with Crippen LogP contribution in [-0.4, -0.2) is 35.2 Å². The van der Waals surface area contributed by atoms with E-state index in [-0.39, 0.29) is 12.1 Å². The number of hydrogen-bond acceptors (Lipinski definition) is 2. The van der Waals surface area contributed by atoms with Gasteiger partial charge >= 0.3 is 6.03 Å². The number of hydrazone groups is 1. The van der Waals surface area contributed by atoms with Crippen LogP contribution in [0.15, 0.2) is 59.7 Å². The summed E-state index contributed by atoms with van der Waals surface area (Å²) in [5.74, 6) is 0.506. The van der Waals surface area contributed by atoms with E-state index >= 15 is 0 Å². The standard InChI is InChI=1S/C20H20ClN3O/c21-18-8-6-15(7-9-18)12-16-13-23(14-16)20(25)24-19(10-11-22-24)17-4-2-1-3-5-17/h1-9,11,16,19H,10,12-14H2. The van der Waals surface area contributed by atoms with Gasteiger partial charge in [-0.15, -0.1) is 0 Å². The molecule has 0 aromatic heterocycles. The second-order valence-corrected chi connectivity index (χ2v) is 7.13. The predicted molar refractivity (Wildman–Crippen MR) is 99.7 cm³/mol. The van der Waals surface area contributed by atoms with E-state index in [4.69, 9.17) is 11.6 Å². The molecule has 2 aromatic carbocycles. The molecule has 2 amide bonds. The van der Waals surface area contributed by atoms with E-state index in [2.05, 4.69) is 29.4 Å². The van der Waals surface area contributed by atoms with Crippen molar-refractivity contribution in [1.82, 2.24) is 9.91 Å². The molecule has 1 atom stereocenters. The lowest BCUT2D eigenvalue weighted by molar-refractivity contribution is 0.0835. The lowest BCUT2D eigenvalue weighted by Crippen LogP contribution is -2.54. The molecular formula is C20H20ClN3O. The first-order valence-corrected chi connectivity index (χ1v) is 8.98. The van der Waals surface area contributed by atoms with Crippen LogP contribution in [0, 0.1) is 5.92 Å². The first-order valence-electron chi connectivity index (χ1n) is 8.60. The Hall–Kier alpha value is -2.33. The molecule has 5 heteroatoms. The Morgan fingerprint density at radius 2 is 1.80 bits per heavy atom. The molecule has 0 saturated carbocycles. The highest BCUT2D eigenvalue weighted by Crippen LogP contribution is 2.31. The second kappa shape index (κ2) is 6.89. The highest BCUT2D eigenvalue weighted by atomic mass is 35.5. The monoisotopic (exact) mass is 353 g/mol. The summed E-state index contributed by atoms with van der Waals surface area (Å²) in [6.45, 7) is 1.57. The molecule has 2 aromatic rings. The van der Waals surface area contributed by atoms with Crippen molar-refractivity contribution >= 4 is 23.8 Å². The van der Waals surface area contributed by atoms with Crippen LogP contribution >= 0.6 is 11.6 Å². The highest BCUT2D eigenvalue weighted by Gasteiger charge is 2.37. The van der Waals surface area contributed by atoms with Crippen molar-refractivity contribution in [3.05, 3.63) is 70.7 Å². The fraction of sp³-hybridized carbons (Fsp3) is 0.300. The fourth-order valence-electron chi connectivity index (χ4n) is 3.50. The van der Waals surface area contributed by atoms with Crippen LogP contribution in [0.4, 0.5) is 4.79 Å². The third-order valence-electron chi connectivity index (χ3n) is 4.88. The summed E-state index contributed by atoms with van der Waals surface area (Å²) in [6.07, 6.45) is 3.59. The summed E-state index contributed by atoms with van der Waals surface area (Å²) in [5, 5.41) is 6.71. The Kier molecular flexibility index (Phi) is 4.45. The Morgan fingerprint density at radius 3 is 2.52 bits per heavy atom. The van der Waals surface area contributed by atoms with Gasteiger partial charge in [-0.2, -0.15) is 5.10 Å². The van der Waals surface area contributed by atoms with E-state index in [0.717, 1.165) is 36.5 Å². The van der Waals surface area contributed by atoms with Crippen LogP contribution in [0.2, 0.25) is 5.02 Å². The molecule has 0 radical (unpaired) electrons. The predicted octanol–water partition coefficient (Wildman–Crippen LogP) is 4.37. The van der Waals surface area contributed by atoms with E-state index in [9.17, 15) is 4.79 Å². The van der Waals surface area contributed by atoms with Gasteiger partial charge in [-0.05, 0) is 35.6 Å². The number of likely N-dealkylation sites (tertiary alicyclic amines) is 1. The molecule has 128 valence electrons.